The van der Waals surface area contributed by atoms with Crippen molar-refractivity contribution in [1.29, 1.82) is 0 Å². The minimum absolute atomic E-state index is 0.339. The fraction of sp³-hybridized carbons (Fsp3) is 1.00. The molecule has 1 aliphatic rings. The number of nitrogens with one attached hydrogen (secondary N) is 1. The maximum atomic E-state index is 12.3. The standard InChI is InChI=1S/C16H33NO2S/c1-5-12-17-15-10-8-6-7-9-14(15)11-13-20(18,19)16(2,3)4/h14-15,17H,5-13H2,1-4H3. The fourth-order valence-electron chi connectivity index (χ4n) is 2.94. The Morgan fingerprint density at radius 1 is 1.10 bits per heavy atom. The van der Waals surface area contributed by atoms with E-state index in [-0.39, 0.29) is 0 Å². The molecule has 0 spiro atoms. The number of sulfone groups is 1. The van der Waals surface area contributed by atoms with Gasteiger partial charge in [-0.3, -0.25) is 0 Å². The molecule has 0 aromatic heterocycles. The lowest BCUT2D eigenvalue weighted by atomic mass is 9.92. The predicted molar refractivity (Wildman–Crippen MR) is 86.8 cm³/mol. The van der Waals surface area contributed by atoms with E-state index in [0.29, 0.717) is 17.7 Å². The summed E-state index contributed by atoms with van der Waals surface area (Å²) in [5, 5.41) is 3.64. The van der Waals surface area contributed by atoms with Crippen LogP contribution in [0.4, 0.5) is 0 Å². The molecule has 0 aliphatic heterocycles. The Balaban J connectivity index is 2.61. The Morgan fingerprint density at radius 2 is 1.75 bits per heavy atom. The molecule has 1 N–H and O–H groups in total. The quantitative estimate of drug-likeness (QED) is 0.763. The van der Waals surface area contributed by atoms with Gasteiger partial charge < -0.3 is 5.32 Å². The molecule has 1 rings (SSSR count). The molecule has 0 heterocycles. The molecule has 20 heavy (non-hydrogen) atoms. The van der Waals surface area contributed by atoms with E-state index < -0.39 is 14.6 Å². The van der Waals surface area contributed by atoms with Gasteiger partial charge in [0.1, 0.15) is 0 Å². The predicted octanol–water partition coefficient (Wildman–Crippen LogP) is 3.54. The summed E-state index contributed by atoms with van der Waals surface area (Å²) >= 11 is 0. The number of rotatable bonds is 6. The molecular weight excluding hydrogens is 270 g/mol. The molecule has 4 heteroatoms. The van der Waals surface area contributed by atoms with E-state index in [1.54, 1.807) is 0 Å². The van der Waals surface area contributed by atoms with Gasteiger partial charge in [0.15, 0.2) is 9.84 Å². The molecule has 2 unspecified atom stereocenters. The summed E-state index contributed by atoms with van der Waals surface area (Å²) in [5.74, 6) is 0.868. The summed E-state index contributed by atoms with van der Waals surface area (Å²) in [5.41, 5.74) is 0. The van der Waals surface area contributed by atoms with Gasteiger partial charge in [-0.15, -0.1) is 0 Å². The average molecular weight is 304 g/mol. The second-order valence-corrected chi connectivity index (χ2v) is 10.0. The van der Waals surface area contributed by atoms with Crippen LogP contribution in [0.1, 0.15) is 72.6 Å². The molecule has 1 saturated carbocycles. The number of hydrogen-bond acceptors (Lipinski definition) is 3. The van der Waals surface area contributed by atoms with Crippen LogP contribution in [0.25, 0.3) is 0 Å². The van der Waals surface area contributed by atoms with Crippen molar-refractivity contribution < 1.29 is 8.42 Å². The number of hydrogen-bond donors (Lipinski definition) is 1. The van der Waals surface area contributed by atoms with Crippen LogP contribution in [0.2, 0.25) is 0 Å². The highest BCUT2D eigenvalue weighted by Gasteiger charge is 2.31. The van der Waals surface area contributed by atoms with Gasteiger partial charge in [-0.1, -0.05) is 26.2 Å². The zero-order chi connectivity index (χ0) is 15.2. The molecule has 0 aromatic rings. The van der Waals surface area contributed by atoms with E-state index in [1.165, 1.54) is 32.1 Å². The lowest BCUT2D eigenvalue weighted by molar-refractivity contribution is 0.326. The highest BCUT2D eigenvalue weighted by atomic mass is 32.2. The van der Waals surface area contributed by atoms with Crippen molar-refractivity contribution in [2.75, 3.05) is 12.3 Å². The van der Waals surface area contributed by atoms with Crippen LogP contribution in [0.3, 0.4) is 0 Å². The summed E-state index contributed by atoms with van der Waals surface area (Å²) in [7, 11) is -2.98. The third-order valence-electron chi connectivity index (χ3n) is 4.51. The summed E-state index contributed by atoms with van der Waals surface area (Å²) in [4.78, 5) is 0. The summed E-state index contributed by atoms with van der Waals surface area (Å²) in [6, 6.07) is 0.521. The first kappa shape index (κ1) is 18.0. The molecule has 0 saturated heterocycles. The Kier molecular flexibility index (Phi) is 6.99. The van der Waals surface area contributed by atoms with Crippen LogP contribution in [-0.4, -0.2) is 31.5 Å². The molecule has 0 bridgehead atoms. The Morgan fingerprint density at radius 3 is 2.35 bits per heavy atom. The molecule has 120 valence electrons. The molecular formula is C16H33NO2S. The van der Waals surface area contributed by atoms with E-state index in [2.05, 4.69) is 12.2 Å². The van der Waals surface area contributed by atoms with Crippen LogP contribution < -0.4 is 5.32 Å². The highest BCUT2D eigenvalue weighted by Crippen LogP contribution is 2.28. The van der Waals surface area contributed by atoms with Gasteiger partial charge in [0.2, 0.25) is 0 Å². The van der Waals surface area contributed by atoms with Gasteiger partial charge in [0.05, 0.1) is 10.5 Å². The summed E-state index contributed by atoms with van der Waals surface area (Å²) in [6.07, 6.45) is 8.19. The van der Waals surface area contributed by atoms with Crippen molar-refractivity contribution in [3.63, 3.8) is 0 Å². The maximum absolute atomic E-state index is 12.3. The van der Waals surface area contributed by atoms with E-state index in [0.717, 1.165) is 19.4 Å². The van der Waals surface area contributed by atoms with Gasteiger partial charge in [-0.05, 0) is 58.9 Å². The molecule has 1 aliphatic carbocycles. The third kappa shape index (κ3) is 5.36. The van der Waals surface area contributed by atoms with Crippen molar-refractivity contribution in [2.24, 2.45) is 5.92 Å². The molecule has 0 amide bonds. The molecule has 0 radical (unpaired) electrons. The van der Waals surface area contributed by atoms with Crippen LogP contribution in [0.15, 0.2) is 0 Å². The second-order valence-electron chi connectivity index (χ2n) is 7.18. The lowest BCUT2D eigenvalue weighted by Crippen LogP contribution is -2.38. The molecule has 1 fully saturated rings. The Bertz CT molecular complexity index is 370. The molecule has 2 atom stereocenters. The van der Waals surface area contributed by atoms with Crippen LogP contribution in [-0.2, 0) is 9.84 Å². The van der Waals surface area contributed by atoms with E-state index in [4.69, 9.17) is 0 Å². The van der Waals surface area contributed by atoms with Crippen molar-refractivity contribution in [3.8, 4) is 0 Å². The molecule has 0 aromatic carbocycles. The molecule has 3 nitrogen and oxygen atoms in total. The van der Waals surface area contributed by atoms with Crippen LogP contribution >= 0.6 is 0 Å². The largest absolute Gasteiger partial charge is 0.314 e. The monoisotopic (exact) mass is 303 g/mol. The van der Waals surface area contributed by atoms with Gasteiger partial charge in [-0.2, -0.15) is 0 Å². The van der Waals surface area contributed by atoms with Gasteiger partial charge >= 0.3 is 0 Å². The summed E-state index contributed by atoms with van der Waals surface area (Å²) in [6.45, 7) is 8.66. The maximum Gasteiger partial charge on any atom is 0.155 e. The van der Waals surface area contributed by atoms with Crippen molar-refractivity contribution in [1.82, 2.24) is 5.32 Å². The van der Waals surface area contributed by atoms with Gasteiger partial charge in [0.25, 0.3) is 0 Å². The lowest BCUT2D eigenvalue weighted by Gasteiger charge is -2.28. The van der Waals surface area contributed by atoms with Gasteiger partial charge in [0, 0.05) is 6.04 Å². The summed E-state index contributed by atoms with van der Waals surface area (Å²) < 4.78 is 23.9. The Hall–Kier alpha value is -0.0900. The Labute approximate surface area is 125 Å². The zero-order valence-electron chi connectivity index (χ0n) is 13.7. The first-order valence-corrected chi connectivity index (χ1v) is 9.89. The average Bonchev–Trinajstić information content (AvgIpc) is 2.57. The topological polar surface area (TPSA) is 46.2 Å². The minimum atomic E-state index is -2.98. The van der Waals surface area contributed by atoms with Crippen LogP contribution in [0.5, 0.6) is 0 Å². The smallest absolute Gasteiger partial charge is 0.155 e. The van der Waals surface area contributed by atoms with Gasteiger partial charge in [-0.25, -0.2) is 8.42 Å². The van der Waals surface area contributed by atoms with E-state index >= 15 is 0 Å². The zero-order valence-corrected chi connectivity index (χ0v) is 14.6. The first-order valence-electron chi connectivity index (χ1n) is 8.23. The van der Waals surface area contributed by atoms with Crippen LogP contribution in [0, 0.1) is 5.92 Å². The van der Waals surface area contributed by atoms with Crippen molar-refractivity contribution >= 4 is 9.84 Å². The first-order chi connectivity index (χ1) is 9.28. The SMILES string of the molecule is CCCNC1CCCCCC1CCS(=O)(=O)C(C)(C)C. The normalized spacial score (nSPS) is 25.4. The third-order valence-corrected chi connectivity index (χ3v) is 7.15. The minimum Gasteiger partial charge on any atom is -0.314 e. The van der Waals surface area contributed by atoms with E-state index in [9.17, 15) is 8.42 Å². The van der Waals surface area contributed by atoms with Crippen molar-refractivity contribution in [3.05, 3.63) is 0 Å². The van der Waals surface area contributed by atoms with Crippen molar-refractivity contribution in [2.45, 2.75) is 83.4 Å². The highest BCUT2D eigenvalue weighted by molar-refractivity contribution is 7.92. The fourth-order valence-corrected chi connectivity index (χ4v) is 4.17. The van der Waals surface area contributed by atoms with E-state index in [1.807, 2.05) is 20.8 Å². The second kappa shape index (κ2) is 7.79.